The molecule has 1 aromatic carbocycles. The summed E-state index contributed by atoms with van der Waals surface area (Å²) in [5, 5.41) is 0. The molecule has 7 heteroatoms. The average molecular weight is 381 g/mol. The van der Waals surface area contributed by atoms with E-state index >= 15 is 0 Å². The number of hydrogen-bond acceptors (Lipinski definition) is 5. The number of nitrogens with zero attached hydrogens (tertiary/aromatic N) is 5. The average Bonchev–Trinajstić information content (AvgIpc) is 2.77. The molecule has 7 nitrogen and oxygen atoms in total. The van der Waals surface area contributed by atoms with E-state index in [0.29, 0.717) is 25.2 Å². The largest absolute Gasteiger partial charge is 0.340 e. The van der Waals surface area contributed by atoms with Crippen molar-refractivity contribution in [2.24, 2.45) is 0 Å². The third kappa shape index (κ3) is 5.36. The molecular formula is C21H27N5O2. The summed E-state index contributed by atoms with van der Waals surface area (Å²) in [6.45, 7) is 7.27. The zero-order valence-electron chi connectivity index (χ0n) is 16.3. The molecule has 2 aromatic rings. The van der Waals surface area contributed by atoms with Crippen LogP contribution in [0.15, 0.2) is 48.9 Å². The van der Waals surface area contributed by atoms with Crippen LogP contribution in [0, 0.1) is 0 Å². The molecule has 2 amide bonds. The number of piperazine rings is 1. The van der Waals surface area contributed by atoms with Gasteiger partial charge in [0, 0.05) is 58.1 Å². The van der Waals surface area contributed by atoms with Gasteiger partial charge in [0.2, 0.25) is 5.91 Å². The van der Waals surface area contributed by atoms with Crippen LogP contribution in [0.3, 0.4) is 0 Å². The lowest BCUT2D eigenvalue weighted by Gasteiger charge is -2.34. The SMILES string of the molecule is CCN1CCN(C(=O)CCN(Cc2ccccc2)C(=O)c2cnccn2)CC1. The fraction of sp³-hybridized carbons (Fsp3) is 0.429. The number of hydrogen-bond donors (Lipinski definition) is 0. The molecule has 0 aliphatic carbocycles. The number of aromatic nitrogens is 2. The fourth-order valence-corrected chi connectivity index (χ4v) is 3.33. The van der Waals surface area contributed by atoms with E-state index in [9.17, 15) is 9.59 Å². The maximum absolute atomic E-state index is 12.9. The molecule has 0 N–H and O–H groups in total. The predicted octanol–water partition coefficient (Wildman–Crippen LogP) is 1.67. The molecule has 0 saturated carbocycles. The molecule has 0 atom stereocenters. The molecule has 3 rings (SSSR count). The molecule has 1 aliphatic heterocycles. The molecule has 1 saturated heterocycles. The van der Waals surface area contributed by atoms with Crippen LogP contribution in [0.1, 0.15) is 29.4 Å². The van der Waals surface area contributed by atoms with Gasteiger partial charge in [-0.05, 0) is 12.1 Å². The minimum atomic E-state index is -0.208. The van der Waals surface area contributed by atoms with Crippen molar-refractivity contribution in [1.29, 1.82) is 0 Å². The van der Waals surface area contributed by atoms with Gasteiger partial charge >= 0.3 is 0 Å². The highest BCUT2D eigenvalue weighted by Crippen LogP contribution is 2.11. The molecule has 1 aliphatic rings. The van der Waals surface area contributed by atoms with Crippen LogP contribution in [-0.2, 0) is 11.3 Å². The van der Waals surface area contributed by atoms with Gasteiger partial charge in [-0.15, -0.1) is 0 Å². The first kappa shape index (κ1) is 19.9. The number of carbonyl (C=O) groups excluding carboxylic acids is 2. The van der Waals surface area contributed by atoms with Gasteiger partial charge in [-0.1, -0.05) is 37.3 Å². The minimum absolute atomic E-state index is 0.0979. The van der Waals surface area contributed by atoms with Crippen LogP contribution in [0.2, 0.25) is 0 Å². The van der Waals surface area contributed by atoms with Gasteiger partial charge in [-0.25, -0.2) is 4.98 Å². The van der Waals surface area contributed by atoms with Crippen molar-refractivity contribution in [2.75, 3.05) is 39.3 Å². The highest BCUT2D eigenvalue weighted by Gasteiger charge is 2.23. The van der Waals surface area contributed by atoms with Gasteiger partial charge in [0.1, 0.15) is 5.69 Å². The third-order valence-electron chi connectivity index (χ3n) is 5.05. The van der Waals surface area contributed by atoms with Crippen molar-refractivity contribution >= 4 is 11.8 Å². The van der Waals surface area contributed by atoms with Gasteiger partial charge in [0.25, 0.3) is 5.91 Å². The van der Waals surface area contributed by atoms with E-state index in [1.807, 2.05) is 35.2 Å². The Kier molecular flexibility index (Phi) is 7.08. The molecule has 0 radical (unpaired) electrons. The predicted molar refractivity (Wildman–Crippen MR) is 107 cm³/mol. The van der Waals surface area contributed by atoms with Gasteiger partial charge in [0.05, 0.1) is 6.20 Å². The van der Waals surface area contributed by atoms with Crippen LogP contribution in [0.25, 0.3) is 0 Å². The lowest BCUT2D eigenvalue weighted by atomic mass is 10.2. The Labute approximate surface area is 166 Å². The first-order valence-corrected chi connectivity index (χ1v) is 9.76. The van der Waals surface area contributed by atoms with Crippen molar-refractivity contribution in [3.63, 3.8) is 0 Å². The molecule has 1 fully saturated rings. The molecule has 1 aromatic heterocycles. The Hall–Kier alpha value is -2.80. The first-order chi connectivity index (χ1) is 13.7. The second-order valence-corrected chi connectivity index (χ2v) is 6.87. The fourth-order valence-electron chi connectivity index (χ4n) is 3.33. The normalized spacial score (nSPS) is 14.7. The molecule has 0 unspecified atom stereocenters. The van der Waals surface area contributed by atoms with Gasteiger partial charge in [-0.3, -0.25) is 14.6 Å². The summed E-state index contributed by atoms with van der Waals surface area (Å²) in [6, 6.07) is 9.78. The summed E-state index contributed by atoms with van der Waals surface area (Å²) in [4.78, 5) is 39.6. The second-order valence-electron chi connectivity index (χ2n) is 6.87. The number of amides is 2. The lowest BCUT2D eigenvalue weighted by molar-refractivity contribution is -0.133. The van der Waals surface area contributed by atoms with E-state index < -0.39 is 0 Å². The molecule has 2 heterocycles. The summed E-state index contributed by atoms with van der Waals surface area (Å²) >= 11 is 0. The van der Waals surface area contributed by atoms with E-state index in [1.165, 1.54) is 18.6 Å². The molecule has 0 bridgehead atoms. The van der Waals surface area contributed by atoms with Crippen LogP contribution in [-0.4, -0.2) is 75.8 Å². The van der Waals surface area contributed by atoms with Crippen LogP contribution in [0.4, 0.5) is 0 Å². The van der Waals surface area contributed by atoms with Crippen LogP contribution < -0.4 is 0 Å². The van der Waals surface area contributed by atoms with Gasteiger partial charge in [-0.2, -0.15) is 0 Å². The Bertz CT molecular complexity index is 761. The summed E-state index contributed by atoms with van der Waals surface area (Å²) in [7, 11) is 0. The van der Waals surface area contributed by atoms with E-state index in [-0.39, 0.29) is 11.8 Å². The number of benzene rings is 1. The Morgan fingerprint density at radius 3 is 2.46 bits per heavy atom. The zero-order valence-corrected chi connectivity index (χ0v) is 16.3. The van der Waals surface area contributed by atoms with Crippen molar-refractivity contribution in [2.45, 2.75) is 19.9 Å². The number of likely N-dealkylation sites (N-methyl/N-ethyl adjacent to an activating group) is 1. The van der Waals surface area contributed by atoms with E-state index in [1.54, 1.807) is 4.90 Å². The van der Waals surface area contributed by atoms with Crippen LogP contribution in [0.5, 0.6) is 0 Å². The maximum atomic E-state index is 12.9. The summed E-state index contributed by atoms with van der Waals surface area (Å²) in [6.07, 6.45) is 4.82. The van der Waals surface area contributed by atoms with Gasteiger partial charge in [0.15, 0.2) is 0 Å². The molecular weight excluding hydrogens is 354 g/mol. The maximum Gasteiger partial charge on any atom is 0.274 e. The zero-order chi connectivity index (χ0) is 19.8. The molecule has 0 spiro atoms. The van der Waals surface area contributed by atoms with E-state index in [4.69, 9.17) is 0 Å². The highest BCUT2D eigenvalue weighted by molar-refractivity contribution is 5.92. The highest BCUT2D eigenvalue weighted by atomic mass is 16.2. The minimum Gasteiger partial charge on any atom is -0.340 e. The standard InChI is InChI=1S/C21H27N5O2/c1-2-24-12-14-25(15-13-24)20(27)8-11-26(17-18-6-4-3-5-7-18)21(28)19-16-22-9-10-23-19/h3-7,9-10,16H,2,8,11-15,17H2,1H3. The Morgan fingerprint density at radius 1 is 1.07 bits per heavy atom. The molecule has 28 heavy (non-hydrogen) atoms. The van der Waals surface area contributed by atoms with Crippen molar-refractivity contribution in [3.8, 4) is 0 Å². The second kappa shape index (κ2) is 9.94. The third-order valence-corrected chi connectivity index (χ3v) is 5.05. The Morgan fingerprint density at radius 2 is 1.82 bits per heavy atom. The first-order valence-electron chi connectivity index (χ1n) is 9.76. The number of carbonyl (C=O) groups is 2. The molecule has 148 valence electrons. The van der Waals surface area contributed by atoms with Gasteiger partial charge < -0.3 is 14.7 Å². The Balaban J connectivity index is 1.63. The van der Waals surface area contributed by atoms with Crippen molar-refractivity contribution in [3.05, 3.63) is 60.2 Å². The van der Waals surface area contributed by atoms with Crippen LogP contribution >= 0.6 is 0 Å². The smallest absolute Gasteiger partial charge is 0.274 e. The lowest BCUT2D eigenvalue weighted by Crippen LogP contribution is -2.49. The van der Waals surface area contributed by atoms with Crippen molar-refractivity contribution in [1.82, 2.24) is 24.7 Å². The van der Waals surface area contributed by atoms with Crippen molar-refractivity contribution < 1.29 is 9.59 Å². The summed E-state index contributed by atoms with van der Waals surface area (Å²) in [5.41, 5.74) is 1.31. The van der Waals surface area contributed by atoms with E-state index in [2.05, 4.69) is 21.8 Å². The summed E-state index contributed by atoms with van der Waals surface area (Å²) in [5.74, 6) is -0.110. The topological polar surface area (TPSA) is 69.6 Å². The summed E-state index contributed by atoms with van der Waals surface area (Å²) < 4.78 is 0. The number of rotatable bonds is 7. The van der Waals surface area contributed by atoms with E-state index in [0.717, 1.165) is 38.3 Å². The monoisotopic (exact) mass is 381 g/mol. The quantitative estimate of drug-likeness (QED) is 0.730.